The van der Waals surface area contributed by atoms with Crippen LogP contribution in [0.1, 0.15) is 47.6 Å². The molecule has 0 saturated carbocycles. The van der Waals surface area contributed by atoms with Gasteiger partial charge in [-0.1, -0.05) is 91.9 Å². The third kappa shape index (κ3) is 5.51. The van der Waals surface area contributed by atoms with Crippen LogP contribution in [0.25, 0.3) is 0 Å². The van der Waals surface area contributed by atoms with Crippen LogP contribution in [0.4, 0.5) is 17.1 Å². The Hall–Kier alpha value is -5.05. The summed E-state index contributed by atoms with van der Waals surface area (Å²) in [7, 11) is 0. The Kier molecular flexibility index (Phi) is 8.45. The van der Waals surface area contributed by atoms with E-state index in [-0.39, 0.29) is 37.4 Å². The molecular formula is C40H39N3O5. The summed E-state index contributed by atoms with van der Waals surface area (Å²) in [5.74, 6) is -1.34. The van der Waals surface area contributed by atoms with Gasteiger partial charge in [0.1, 0.15) is 0 Å². The van der Waals surface area contributed by atoms with Crippen molar-refractivity contribution in [3.05, 3.63) is 137 Å². The van der Waals surface area contributed by atoms with Crippen molar-refractivity contribution in [1.82, 2.24) is 4.90 Å². The highest BCUT2D eigenvalue weighted by atomic mass is 16.3. The number of hydrogen-bond acceptors (Lipinski definition) is 5. The normalized spacial score (nSPS) is 20.9. The third-order valence-electron chi connectivity index (χ3n) is 10.0. The van der Waals surface area contributed by atoms with E-state index in [4.69, 9.17) is 0 Å². The first-order valence-corrected chi connectivity index (χ1v) is 16.6. The van der Waals surface area contributed by atoms with Gasteiger partial charge in [-0.25, -0.2) is 0 Å². The molecule has 0 fully saturated rings. The zero-order chi connectivity index (χ0) is 33.4. The topological polar surface area (TPSA) is 101 Å². The van der Waals surface area contributed by atoms with Crippen LogP contribution in [0.5, 0.6) is 0 Å². The molecule has 3 heterocycles. The lowest BCUT2D eigenvalue weighted by molar-refractivity contribution is -0.139. The summed E-state index contributed by atoms with van der Waals surface area (Å²) in [5, 5.41) is 22.5. The molecule has 0 bridgehead atoms. The fourth-order valence-electron chi connectivity index (χ4n) is 7.38. The number of carbonyl (C=O) groups excluding carboxylic acids is 3. The number of amides is 3. The Morgan fingerprint density at radius 1 is 0.896 bits per heavy atom. The van der Waals surface area contributed by atoms with E-state index in [9.17, 15) is 24.6 Å². The molecule has 3 atom stereocenters. The minimum atomic E-state index is -1.93. The lowest BCUT2D eigenvalue weighted by Gasteiger charge is -2.36. The van der Waals surface area contributed by atoms with Crippen molar-refractivity contribution in [2.24, 2.45) is 5.92 Å². The van der Waals surface area contributed by atoms with E-state index in [2.05, 4.69) is 0 Å². The van der Waals surface area contributed by atoms with Gasteiger partial charge >= 0.3 is 0 Å². The summed E-state index contributed by atoms with van der Waals surface area (Å²) in [6.45, 7) is 2.34. The molecule has 0 aliphatic carbocycles. The van der Waals surface area contributed by atoms with Crippen LogP contribution in [0, 0.1) is 5.92 Å². The number of aliphatic hydroxyl groups is 2. The average molecular weight is 642 g/mol. The molecule has 244 valence electrons. The van der Waals surface area contributed by atoms with Crippen LogP contribution in [-0.4, -0.2) is 45.5 Å². The van der Waals surface area contributed by atoms with Gasteiger partial charge in [-0.05, 0) is 59.4 Å². The molecule has 8 heteroatoms. The van der Waals surface area contributed by atoms with Crippen LogP contribution in [0.2, 0.25) is 0 Å². The summed E-state index contributed by atoms with van der Waals surface area (Å²) >= 11 is 0. The summed E-state index contributed by atoms with van der Waals surface area (Å²) in [6, 6.07) is 30.5. The van der Waals surface area contributed by atoms with Crippen LogP contribution >= 0.6 is 0 Å². The fourth-order valence-corrected chi connectivity index (χ4v) is 7.38. The fraction of sp³-hybridized carbons (Fsp3) is 0.275. The lowest BCUT2D eigenvalue weighted by Crippen LogP contribution is -2.46. The Balaban J connectivity index is 1.19. The van der Waals surface area contributed by atoms with Crippen molar-refractivity contribution < 1.29 is 24.6 Å². The SMILES string of the molecule is C[C@H](/C=C/CC(=O)N1Cc2ccccc2C[C@H]1CO)[C@@]1(O)C(=O)N(Cc2ccccc2)c2ccc(N3C(=O)CCc4ccccc43)cc21. The molecule has 3 amide bonds. The monoisotopic (exact) mass is 641 g/mol. The minimum absolute atomic E-state index is 0.0457. The smallest absolute Gasteiger partial charge is 0.264 e. The molecule has 4 aromatic rings. The summed E-state index contributed by atoms with van der Waals surface area (Å²) < 4.78 is 0. The zero-order valence-corrected chi connectivity index (χ0v) is 27.0. The summed E-state index contributed by atoms with van der Waals surface area (Å²) in [5.41, 5.74) is 4.66. The van der Waals surface area contributed by atoms with E-state index < -0.39 is 17.4 Å². The number of aliphatic hydroxyl groups excluding tert-OH is 1. The molecule has 0 aromatic heterocycles. The molecule has 3 aliphatic heterocycles. The molecule has 2 N–H and O–H groups in total. The molecule has 8 nitrogen and oxygen atoms in total. The van der Waals surface area contributed by atoms with Gasteiger partial charge in [0.25, 0.3) is 5.91 Å². The second kappa shape index (κ2) is 12.9. The lowest BCUT2D eigenvalue weighted by atomic mass is 9.82. The van der Waals surface area contributed by atoms with Gasteiger partial charge in [0.05, 0.1) is 30.6 Å². The van der Waals surface area contributed by atoms with Gasteiger partial charge in [0.2, 0.25) is 11.8 Å². The van der Waals surface area contributed by atoms with E-state index >= 15 is 0 Å². The van der Waals surface area contributed by atoms with E-state index in [0.29, 0.717) is 42.7 Å². The van der Waals surface area contributed by atoms with E-state index in [1.165, 1.54) is 0 Å². The Labute approximate surface area is 280 Å². The highest BCUT2D eigenvalue weighted by molar-refractivity contribution is 6.09. The van der Waals surface area contributed by atoms with Crippen molar-refractivity contribution >= 4 is 34.8 Å². The first kappa shape index (κ1) is 31.5. The van der Waals surface area contributed by atoms with Gasteiger partial charge in [-0.2, -0.15) is 0 Å². The number of nitrogens with zero attached hydrogens (tertiary/aromatic N) is 3. The molecule has 0 saturated heterocycles. The van der Waals surface area contributed by atoms with Crippen molar-refractivity contribution in [3.8, 4) is 0 Å². The van der Waals surface area contributed by atoms with Crippen LogP contribution in [-0.2, 0) is 45.9 Å². The third-order valence-corrected chi connectivity index (χ3v) is 10.0. The first-order chi connectivity index (χ1) is 23.3. The average Bonchev–Trinajstić information content (AvgIpc) is 3.33. The van der Waals surface area contributed by atoms with Crippen molar-refractivity contribution in [1.29, 1.82) is 0 Å². The molecule has 0 radical (unpaired) electrons. The largest absolute Gasteiger partial charge is 0.394 e. The van der Waals surface area contributed by atoms with Gasteiger partial charge in [0.15, 0.2) is 5.60 Å². The van der Waals surface area contributed by atoms with Gasteiger partial charge in [-0.15, -0.1) is 0 Å². The van der Waals surface area contributed by atoms with E-state index in [0.717, 1.165) is 27.9 Å². The number of rotatable bonds is 8. The maximum Gasteiger partial charge on any atom is 0.264 e. The van der Waals surface area contributed by atoms with Gasteiger partial charge in [0, 0.05) is 36.6 Å². The van der Waals surface area contributed by atoms with E-state index in [1.54, 1.807) is 39.8 Å². The molecule has 7 rings (SSSR count). The van der Waals surface area contributed by atoms with Crippen molar-refractivity contribution in [2.45, 2.75) is 57.3 Å². The Bertz CT molecular complexity index is 1910. The van der Waals surface area contributed by atoms with E-state index in [1.807, 2.05) is 91.0 Å². The van der Waals surface area contributed by atoms with Crippen LogP contribution < -0.4 is 9.80 Å². The summed E-state index contributed by atoms with van der Waals surface area (Å²) in [6.07, 6.45) is 5.12. The number of carbonyl (C=O) groups is 3. The maximum absolute atomic E-state index is 14.3. The van der Waals surface area contributed by atoms with Crippen molar-refractivity contribution in [2.75, 3.05) is 16.4 Å². The highest BCUT2D eigenvalue weighted by Crippen LogP contribution is 2.48. The number of anilines is 3. The van der Waals surface area contributed by atoms with Crippen LogP contribution in [0.3, 0.4) is 0 Å². The maximum atomic E-state index is 14.3. The standard InChI is InChI=1S/C40H39N3O5/c1-27(10-9-17-37(45)41-25-31-15-6-5-14-30(31)22-33(41)26-44)40(48)34-23-32(43-35-16-8-7-13-29(35)18-21-38(43)46)19-20-36(34)42(39(40)47)24-28-11-3-2-4-12-28/h2-16,19-20,23,27,33,44,48H,17-18,21-22,24-26H2,1H3/b10-9+/t27-,33+,40+/m1/s1. The minimum Gasteiger partial charge on any atom is -0.394 e. The number of aryl methyl sites for hydroxylation is 1. The van der Waals surface area contributed by atoms with Gasteiger partial charge < -0.3 is 20.0 Å². The predicted molar refractivity (Wildman–Crippen MR) is 184 cm³/mol. The quantitative estimate of drug-likeness (QED) is 0.246. The molecule has 3 aliphatic rings. The van der Waals surface area contributed by atoms with Crippen molar-refractivity contribution in [3.63, 3.8) is 0 Å². The molecule has 0 unspecified atom stereocenters. The zero-order valence-electron chi connectivity index (χ0n) is 27.0. The second-order valence-corrected chi connectivity index (χ2v) is 13.0. The highest BCUT2D eigenvalue weighted by Gasteiger charge is 2.53. The number of para-hydroxylation sites is 1. The Morgan fingerprint density at radius 3 is 2.38 bits per heavy atom. The molecular weight excluding hydrogens is 602 g/mol. The summed E-state index contributed by atoms with van der Waals surface area (Å²) in [4.78, 5) is 46.0. The first-order valence-electron chi connectivity index (χ1n) is 16.6. The number of benzene rings is 4. The van der Waals surface area contributed by atoms with Gasteiger partial charge in [-0.3, -0.25) is 19.3 Å². The number of hydrogen-bond donors (Lipinski definition) is 2. The number of fused-ring (bicyclic) bond motifs is 3. The predicted octanol–water partition coefficient (Wildman–Crippen LogP) is 5.56. The Morgan fingerprint density at radius 2 is 1.60 bits per heavy atom. The second-order valence-electron chi connectivity index (χ2n) is 13.0. The molecule has 4 aromatic carbocycles. The molecule has 48 heavy (non-hydrogen) atoms. The molecule has 0 spiro atoms. The van der Waals surface area contributed by atoms with Crippen LogP contribution in [0.15, 0.2) is 109 Å².